The molecule has 0 saturated heterocycles. The van der Waals surface area contributed by atoms with E-state index >= 15 is 0 Å². The lowest BCUT2D eigenvalue weighted by molar-refractivity contribution is 0.272. The third-order valence-electron chi connectivity index (χ3n) is 10.7. The summed E-state index contributed by atoms with van der Waals surface area (Å²) in [4.78, 5) is 15.4. The fraction of sp³-hybridized carbons (Fsp3) is 0.0851. The number of allylic oxidation sites excluding steroid dienone is 3. The van der Waals surface area contributed by atoms with Gasteiger partial charge in [0, 0.05) is 45.2 Å². The van der Waals surface area contributed by atoms with Gasteiger partial charge in [0.2, 0.25) is 0 Å². The van der Waals surface area contributed by atoms with Crippen LogP contribution in [0, 0.1) is 0 Å². The van der Waals surface area contributed by atoms with Crippen molar-refractivity contribution < 1.29 is 9.15 Å². The van der Waals surface area contributed by atoms with Crippen molar-refractivity contribution in [1.29, 1.82) is 0 Å². The highest BCUT2D eigenvalue weighted by molar-refractivity contribution is 6.08. The lowest BCUT2D eigenvalue weighted by Gasteiger charge is -2.22. The first kappa shape index (κ1) is 29.2. The fourth-order valence-electron chi connectivity index (χ4n) is 8.23. The molecule has 5 nitrogen and oxygen atoms in total. The Morgan fingerprint density at radius 1 is 0.615 bits per heavy atom. The molecular weight excluding hydrogens is 639 g/mol. The van der Waals surface area contributed by atoms with Gasteiger partial charge in [0.1, 0.15) is 23.2 Å². The SMILES string of the molecule is C1=CC2Oc3c(-c4ccc5c6c(oc5c4)CCC=C6)cccc3C2C(c2nc(-c3ccccc3)nc(-c3ccc4ccc5ccccc5c4c3)n2)=C1. The minimum atomic E-state index is -0.187. The van der Waals surface area contributed by atoms with Gasteiger partial charge in [-0.3, -0.25) is 0 Å². The molecule has 11 rings (SSSR count). The van der Waals surface area contributed by atoms with Gasteiger partial charge in [0.25, 0.3) is 0 Å². The number of hydrogen-bond acceptors (Lipinski definition) is 5. The number of aromatic nitrogens is 3. The van der Waals surface area contributed by atoms with Gasteiger partial charge in [-0.1, -0.05) is 127 Å². The van der Waals surface area contributed by atoms with Crippen LogP contribution in [0.25, 0.3) is 78.1 Å². The Balaban J connectivity index is 1.04. The molecule has 8 aromatic rings. The summed E-state index contributed by atoms with van der Waals surface area (Å²) in [5.74, 6) is 3.82. The molecule has 3 heterocycles. The van der Waals surface area contributed by atoms with Crippen LogP contribution in [-0.2, 0) is 6.42 Å². The van der Waals surface area contributed by atoms with E-state index in [0.29, 0.717) is 17.5 Å². The van der Waals surface area contributed by atoms with E-state index in [-0.39, 0.29) is 12.0 Å². The van der Waals surface area contributed by atoms with Gasteiger partial charge >= 0.3 is 0 Å². The minimum Gasteiger partial charge on any atom is -0.484 e. The van der Waals surface area contributed by atoms with E-state index in [4.69, 9.17) is 24.1 Å². The topological polar surface area (TPSA) is 61.0 Å². The molecule has 3 aliphatic rings. The van der Waals surface area contributed by atoms with Crippen LogP contribution in [0.2, 0.25) is 0 Å². The quantitative estimate of drug-likeness (QED) is 0.175. The second kappa shape index (κ2) is 11.5. The molecule has 0 saturated carbocycles. The zero-order chi connectivity index (χ0) is 34.2. The lowest BCUT2D eigenvalue weighted by atomic mass is 9.83. The van der Waals surface area contributed by atoms with Crippen molar-refractivity contribution in [3.05, 3.63) is 168 Å². The van der Waals surface area contributed by atoms with Crippen LogP contribution < -0.4 is 4.74 Å². The van der Waals surface area contributed by atoms with Gasteiger partial charge in [-0.05, 0) is 57.8 Å². The molecule has 2 aliphatic carbocycles. The largest absolute Gasteiger partial charge is 0.484 e. The molecule has 0 amide bonds. The molecular formula is C47H31N3O2. The van der Waals surface area contributed by atoms with Crippen molar-refractivity contribution in [2.75, 3.05) is 0 Å². The third-order valence-corrected chi connectivity index (χ3v) is 10.7. The molecule has 52 heavy (non-hydrogen) atoms. The molecule has 1 aliphatic heterocycles. The minimum absolute atomic E-state index is 0.0795. The van der Waals surface area contributed by atoms with E-state index in [1.54, 1.807) is 0 Å². The van der Waals surface area contributed by atoms with E-state index in [2.05, 4.69) is 134 Å². The molecule has 0 fully saturated rings. The number of benzene rings is 6. The first-order chi connectivity index (χ1) is 25.7. The van der Waals surface area contributed by atoms with Crippen LogP contribution in [0.1, 0.15) is 35.1 Å². The number of furan rings is 1. The molecule has 0 spiro atoms. The highest BCUT2D eigenvalue weighted by atomic mass is 16.5. The number of ether oxygens (including phenoxy) is 1. The number of aryl methyl sites for hydroxylation is 1. The normalized spacial score (nSPS) is 17.2. The summed E-state index contributed by atoms with van der Waals surface area (Å²) < 4.78 is 13.2. The number of nitrogens with zero attached hydrogens (tertiary/aromatic N) is 3. The van der Waals surface area contributed by atoms with Crippen molar-refractivity contribution in [3.63, 3.8) is 0 Å². The Morgan fingerprint density at radius 3 is 2.33 bits per heavy atom. The van der Waals surface area contributed by atoms with E-state index < -0.39 is 0 Å². The maximum Gasteiger partial charge on any atom is 0.164 e. The summed E-state index contributed by atoms with van der Waals surface area (Å²) in [6.45, 7) is 0. The zero-order valence-corrected chi connectivity index (χ0v) is 28.2. The lowest BCUT2D eigenvalue weighted by Crippen LogP contribution is -2.20. The van der Waals surface area contributed by atoms with E-state index in [9.17, 15) is 0 Å². The summed E-state index contributed by atoms with van der Waals surface area (Å²) >= 11 is 0. The Morgan fingerprint density at radius 2 is 1.40 bits per heavy atom. The van der Waals surface area contributed by atoms with Crippen LogP contribution in [0.5, 0.6) is 5.75 Å². The van der Waals surface area contributed by atoms with Crippen molar-refractivity contribution in [2.24, 2.45) is 0 Å². The second-order valence-corrected chi connectivity index (χ2v) is 13.8. The van der Waals surface area contributed by atoms with Gasteiger partial charge in [-0.15, -0.1) is 0 Å². The van der Waals surface area contributed by atoms with Gasteiger partial charge < -0.3 is 9.15 Å². The maximum atomic E-state index is 6.82. The summed E-state index contributed by atoms with van der Waals surface area (Å²) in [5.41, 5.74) is 8.27. The average molecular weight is 670 g/mol. The summed E-state index contributed by atoms with van der Waals surface area (Å²) in [6.07, 6.45) is 12.5. The Labute approximate surface area is 300 Å². The molecule has 0 radical (unpaired) electrons. The predicted octanol–water partition coefficient (Wildman–Crippen LogP) is 11.4. The van der Waals surface area contributed by atoms with Crippen LogP contribution in [-0.4, -0.2) is 21.1 Å². The number of hydrogen-bond donors (Lipinski definition) is 0. The van der Waals surface area contributed by atoms with Gasteiger partial charge in [0.05, 0.1) is 5.92 Å². The van der Waals surface area contributed by atoms with E-state index in [1.807, 2.05) is 18.2 Å². The van der Waals surface area contributed by atoms with E-state index in [0.717, 1.165) is 68.7 Å². The molecule has 0 bridgehead atoms. The van der Waals surface area contributed by atoms with E-state index in [1.165, 1.54) is 27.1 Å². The molecule has 246 valence electrons. The smallest absolute Gasteiger partial charge is 0.164 e. The average Bonchev–Trinajstić information content (AvgIpc) is 3.79. The van der Waals surface area contributed by atoms with Gasteiger partial charge in [-0.25, -0.2) is 15.0 Å². The summed E-state index contributed by atoms with van der Waals surface area (Å²) in [6, 6.07) is 42.5. The van der Waals surface area contributed by atoms with Gasteiger partial charge in [0.15, 0.2) is 17.5 Å². The third kappa shape index (κ3) is 4.59. The highest BCUT2D eigenvalue weighted by Crippen LogP contribution is 2.51. The van der Waals surface area contributed by atoms with Crippen LogP contribution >= 0.6 is 0 Å². The van der Waals surface area contributed by atoms with Crippen LogP contribution in [0.4, 0.5) is 0 Å². The summed E-state index contributed by atoms with van der Waals surface area (Å²) in [5, 5.41) is 5.93. The fourth-order valence-corrected chi connectivity index (χ4v) is 8.23. The van der Waals surface area contributed by atoms with Crippen molar-refractivity contribution in [3.8, 4) is 39.7 Å². The first-order valence-corrected chi connectivity index (χ1v) is 17.9. The van der Waals surface area contributed by atoms with Crippen molar-refractivity contribution in [2.45, 2.75) is 24.9 Å². The molecule has 2 aromatic heterocycles. The number of fused-ring (bicyclic) bond motifs is 9. The number of para-hydroxylation sites is 1. The monoisotopic (exact) mass is 669 g/mol. The molecule has 5 heteroatoms. The maximum absolute atomic E-state index is 6.82. The Kier molecular flexibility index (Phi) is 6.44. The first-order valence-electron chi connectivity index (χ1n) is 17.9. The molecule has 2 atom stereocenters. The molecule has 0 N–H and O–H groups in total. The predicted molar refractivity (Wildman–Crippen MR) is 209 cm³/mol. The van der Waals surface area contributed by atoms with Crippen molar-refractivity contribution in [1.82, 2.24) is 15.0 Å². The van der Waals surface area contributed by atoms with Crippen LogP contribution in [0.3, 0.4) is 0 Å². The Bertz CT molecular complexity index is 2850. The van der Waals surface area contributed by atoms with Crippen molar-refractivity contribution >= 4 is 44.2 Å². The second-order valence-electron chi connectivity index (χ2n) is 13.8. The zero-order valence-electron chi connectivity index (χ0n) is 28.2. The summed E-state index contributed by atoms with van der Waals surface area (Å²) in [7, 11) is 0. The Hall–Kier alpha value is -6.59. The molecule has 2 unspecified atom stereocenters. The highest BCUT2D eigenvalue weighted by Gasteiger charge is 2.40. The van der Waals surface area contributed by atoms with Crippen LogP contribution in [0.15, 0.2) is 150 Å². The standard InChI is InChI=1S/C47H31N3O2/c1-2-11-30(12-3-1)45-48-46(32-23-22-29-21-20-28-10-4-5-13-33(28)39(29)26-32)50-47(49-45)38-17-9-19-41-43(38)37-16-8-15-34(44(37)52-41)31-24-25-36-35-14-6-7-18-40(35)51-42(36)27-31/h1-6,8-17,19-27,41,43H,7,18H2. The van der Waals surface area contributed by atoms with Gasteiger partial charge in [-0.2, -0.15) is 0 Å². The number of rotatable bonds is 4. The molecule has 6 aromatic carbocycles.